The summed E-state index contributed by atoms with van der Waals surface area (Å²) in [6.45, 7) is 5.96. The van der Waals surface area contributed by atoms with Crippen molar-refractivity contribution in [3.63, 3.8) is 0 Å². The van der Waals surface area contributed by atoms with Crippen LogP contribution in [0.25, 0.3) is 10.9 Å². The summed E-state index contributed by atoms with van der Waals surface area (Å²) in [4.78, 5) is 85.4. The van der Waals surface area contributed by atoms with Crippen LogP contribution in [0.2, 0.25) is 0 Å². The maximum absolute atomic E-state index is 14.0. The zero-order chi connectivity index (χ0) is 31.8. The predicted octanol–water partition coefficient (Wildman–Crippen LogP) is 3.03. The minimum Gasteiger partial charge on any atom is -0.361 e. The van der Waals surface area contributed by atoms with Gasteiger partial charge in [0.2, 0.25) is 23.6 Å². The number of nitrogens with zero attached hydrogens (tertiary/aromatic N) is 1. The largest absolute Gasteiger partial charge is 0.361 e. The summed E-state index contributed by atoms with van der Waals surface area (Å²) in [5.74, 6) is -2.11. The number of Topliss-reactive ketones (excluding diaryl/α,β-unsaturated/α-hetero) is 1. The normalized spacial score (nSPS) is 23.9. The molecule has 11 nitrogen and oxygen atoms in total. The first-order valence-electron chi connectivity index (χ1n) is 16.0. The number of aromatic amines is 1. The number of benzene rings is 1. The summed E-state index contributed by atoms with van der Waals surface area (Å²) in [6, 6.07) is 2.78. The third-order valence-electron chi connectivity index (χ3n) is 9.02. The van der Waals surface area contributed by atoms with Crippen LogP contribution in [0.5, 0.6) is 0 Å². The first kappa shape index (κ1) is 32.9. The van der Waals surface area contributed by atoms with Gasteiger partial charge in [-0.3, -0.25) is 28.8 Å². The Hall–Kier alpha value is -4.02. The Bertz CT molecular complexity index is 1440. The first-order chi connectivity index (χ1) is 21.2. The number of carbonyl (C=O) groups is 5. The zero-order valence-corrected chi connectivity index (χ0v) is 25.9. The molecule has 2 aliphatic heterocycles. The number of hydrogen-bond acceptors (Lipinski definition) is 6. The SMILES string of the molecule is CCC(=O)CCCCC[C@H]1NC(=O)[C@H]2CCCCN2C(=O)[C@H](C(C)CC)NC(=O)[C@H](c2c[nH]c3ccccc3c2=O)NC1=O. The van der Waals surface area contributed by atoms with E-state index < -0.39 is 47.3 Å². The molecule has 0 spiro atoms. The molecule has 1 aromatic heterocycles. The molecular formula is C33H45N5O6. The molecule has 5 atom stereocenters. The van der Waals surface area contributed by atoms with Crippen LogP contribution in [0.3, 0.4) is 0 Å². The second-order valence-corrected chi connectivity index (χ2v) is 12.0. The van der Waals surface area contributed by atoms with Crippen molar-refractivity contribution in [3.8, 4) is 0 Å². The monoisotopic (exact) mass is 607 g/mol. The summed E-state index contributed by atoms with van der Waals surface area (Å²) in [5, 5.41) is 8.83. The van der Waals surface area contributed by atoms with Gasteiger partial charge in [0, 0.05) is 42.0 Å². The van der Waals surface area contributed by atoms with Crippen molar-refractivity contribution in [3.05, 3.63) is 46.2 Å². The highest BCUT2D eigenvalue weighted by atomic mass is 16.2. The molecule has 4 amide bonds. The van der Waals surface area contributed by atoms with Gasteiger partial charge in [-0.25, -0.2) is 0 Å². The number of rotatable bonds is 10. The van der Waals surface area contributed by atoms with Crippen molar-refractivity contribution in [2.45, 2.75) is 109 Å². The molecule has 2 aliphatic rings. The molecule has 2 saturated heterocycles. The number of para-hydroxylation sites is 1. The van der Waals surface area contributed by atoms with Gasteiger partial charge in [0.25, 0.3) is 0 Å². The van der Waals surface area contributed by atoms with Crippen LogP contribution in [-0.2, 0) is 24.0 Å². The molecule has 3 heterocycles. The molecule has 11 heteroatoms. The quantitative estimate of drug-likeness (QED) is 0.304. The van der Waals surface area contributed by atoms with E-state index in [9.17, 15) is 28.8 Å². The number of hydrogen-bond donors (Lipinski definition) is 4. The summed E-state index contributed by atoms with van der Waals surface area (Å²) in [5.41, 5.74) is 0.188. The molecule has 2 fully saturated rings. The van der Waals surface area contributed by atoms with Gasteiger partial charge in [-0.05, 0) is 50.2 Å². The Kier molecular flexibility index (Phi) is 11.3. The Morgan fingerprint density at radius 3 is 2.45 bits per heavy atom. The highest BCUT2D eigenvalue weighted by molar-refractivity contribution is 5.98. The predicted molar refractivity (Wildman–Crippen MR) is 167 cm³/mol. The molecule has 0 radical (unpaired) electrons. The average molecular weight is 608 g/mol. The molecule has 238 valence electrons. The first-order valence-corrected chi connectivity index (χ1v) is 16.0. The van der Waals surface area contributed by atoms with E-state index in [-0.39, 0.29) is 29.6 Å². The van der Waals surface area contributed by atoms with Gasteiger partial charge >= 0.3 is 0 Å². The lowest BCUT2D eigenvalue weighted by atomic mass is 9.93. The lowest BCUT2D eigenvalue weighted by molar-refractivity contribution is -0.147. The number of ketones is 1. The van der Waals surface area contributed by atoms with Crippen LogP contribution in [0.15, 0.2) is 35.3 Å². The molecular weight excluding hydrogens is 562 g/mol. The Morgan fingerprint density at radius 2 is 1.70 bits per heavy atom. The summed E-state index contributed by atoms with van der Waals surface area (Å²) in [7, 11) is 0. The van der Waals surface area contributed by atoms with E-state index in [1.54, 1.807) is 29.2 Å². The topological polar surface area (TPSA) is 158 Å². The fourth-order valence-electron chi connectivity index (χ4n) is 6.05. The fraction of sp³-hybridized carbons (Fsp3) is 0.576. The summed E-state index contributed by atoms with van der Waals surface area (Å²) in [6.07, 6.45) is 7.09. The van der Waals surface area contributed by atoms with Crippen LogP contribution in [0.4, 0.5) is 0 Å². The van der Waals surface area contributed by atoms with Crippen molar-refractivity contribution in [2.75, 3.05) is 6.54 Å². The van der Waals surface area contributed by atoms with Gasteiger partial charge in [0.15, 0.2) is 5.43 Å². The zero-order valence-electron chi connectivity index (χ0n) is 25.9. The average Bonchev–Trinajstić information content (AvgIpc) is 3.04. The van der Waals surface area contributed by atoms with Gasteiger partial charge in [-0.15, -0.1) is 0 Å². The second-order valence-electron chi connectivity index (χ2n) is 12.0. The van der Waals surface area contributed by atoms with Crippen molar-refractivity contribution in [1.82, 2.24) is 25.8 Å². The van der Waals surface area contributed by atoms with E-state index in [0.29, 0.717) is 62.4 Å². The number of H-pyrrole nitrogens is 1. The molecule has 1 unspecified atom stereocenters. The van der Waals surface area contributed by atoms with Gasteiger partial charge < -0.3 is 25.8 Å². The number of pyridine rings is 1. The smallest absolute Gasteiger partial charge is 0.248 e. The van der Waals surface area contributed by atoms with Crippen molar-refractivity contribution >= 4 is 40.3 Å². The van der Waals surface area contributed by atoms with Crippen LogP contribution >= 0.6 is 0 Å². The Labute approximate surface area is 257 Å². The highest BCUT2D eigenvalue weighted by Crippen LogP contribution is 2.23. The Balaban J connectivity index is 1.71. The highest BCUT2D eigenvalue weighted by Gasteiger charge is 2.41. The van der Waals surface area contributed by atoms with E-state index >= 15 is 0 Å². The summed E-state index contributed by atoms with van der Waals surface area (Å²) >= 11 is 0. The number of fused-ring (bicyclic) bond motifs is 2. The molecule has 44 heavy (non-hydrogen) atoms. The second kappa shape index (κ2) is 15.1. The molecule has 0 saturated carbocycles. The minimum atomic E-state index is -1.41. The molecule has 4 rings (SSSR count). The van der Waals surface area contributed by atoms with Crippen molar-refractivity contribution in [1.29, 1.82) is 0 Å². The van der Waals surface area contributed by atoms with Crippen LogP contribution in [0, 0.1) is 5.92 Å². The third-order valence-corrected chi connectivity index (χ3v) is 9.02. The molecule has 0 aliphatic carbocycles. The fourth-order valence-corrected chi connectivity index (χ4v) is 6.05. The number of nitrogens with one attached hydrogen (secondary N) is 4. The van der Waals surface area contributed by atoms with E-state index in [0.717, 1.165) is 12.8 Å². The van der Waals surface area contributed by atoms with Gasteiger partial charge in [0.1, 0.15) is 30.0 Å². The number of aromatic nitrogens is 1. The Morgan fingerprint density at radius 1 is 0.932 bits per heavy atom. The van der Waals surface area contributed by atoms with Gasteiger partial charge in [-0.2, -0.15) is 0 Å². The lowest BCUT2D eigenvalue weighted by Gasteiger charge is -2.39. The summed E-state index contributed by atoms with van der Waals surface area (Å²) < 4.78 is 0. The van der Waals surface area contributed by atoms with E-state index in [1.807, 2.05) is 20.8 Å². The van der Waals surface area contributed by atoms with E-state index in [2.05, 4.69) is 20.9 Å². The number of amides is 4. The molecule has 1 aromatic carbocycles. The minimum absolute atomic E-state index is 0.0287. The van der Waals surface area contributed by atoms with Crippen molar-refractivity contribution < 1.29 is 24.0 Å². The van der Waals surface area contributed by atoms with E-state index in [1.165, 1.54) is 6.20 Å². The number of piperidine rings is 1. The van der Waals surface area contributed by atoms with Crippen LogP contribution in [0.1, 0.15) is 96.6 Å². The van der Waals surface area contributed by atoms with Gasteiger partial charge in [0.05, 0.1) is 0 Å². The van der Waals surface area contributed by atoms with Crippen LogP contribution in [-0.4, -0.2) is 64.0 Å². The molecule has 4 N–H and O–H groups in total. The number of unbranched alkanes of at least 4 members (excludes halogenated alkanes) is 2. The molecule has 0 bridgehead atoms. The van der Waals surface area contributed by atoms with Gasteiger partial charge in [-0.1, -0.05) is 52.2 Å². The maximum Gasteiger partial charge on any atom is 0.248 e. The molecule has 2 aromatic rings. The number of carbonyl (C=O) groups excluding carboxylic acids is 5. The van der Waals surface area contributed by atoms with Crippen molar-refractivity contribution in [2.24, 2.45) is 5.92 Å². The van der Waals surface area contributed by atoms with E-state index in [4.69, 9.17) is 0 Å². The van der Waals surface area contributed by atoms with Crippen LogP contribution < -0.4 is 21.4 Å². The standard InChI is InChI=1S/C33H45N5O6/c1-4-20(3)27-33(44)38-18-12-11-17-26(38)31(42)35-25(16-8-6-7-13-21(39)5-2)30(41)37-28(32(43)36-27)23-19-34-24-15-10-9-14-22(24)29(23)40/h9-10,14-15,19-20,25-28H,4-8,11-13,16-18H2,1-3H3,(H,34,40)(H,35,42)(H,36,43)(H,37,41)/t20?,25-,26-,27+,28+/m1/s1. The maximum atomic E-state index is 14.0. The lowest BCUT2D eigenvalue weighted by Crippen LogP contribution is -2.62. The third kappa shape index (κ3) is 7.54.